The number of aromatic nitrogens is 3. The van der Waals surface area contributed by atoms with Gasteiger partial charge in [0.2, 0.25) is 5.13 Å². The molecule has 2 aromatic heterocycles. The minimum absolute atomic E-state index is 0.153. The summed E-state index contributed by atoms with van der Waals surface area (Å²) in [6.45, 7) is 1.80. The normalized spacial score (nSPS) is 10.7. The number of nitro benzene ring substituents is 1. The van der Waals surface area contributed by atoms with Crippen molar-refractivity contribution in [2.45, 2.75) is 6.92 Å². The molecule has 0 aliphatic heterocycles. The van der Waals surface area contributed by atoms with Gasteiger partial charge < -0.3 is 5.32 Å². The van der Waals surface area contributed by atoms with Crippen molar-refractivity contribution in [2.24, 2.45) is 0 Å². The smallest absolute Gasteiger partial charge is 0.270 e. The highest BCUT2D eigenvalue weighted by Crippen LogP contribution is 2.27. The molecule has 2 heterocycles. The van der Waals surface area contributed by atoms with E-state index in [1.807, 2.05) is 17.5 Å². The molecule has 150 valence electrons. The van der Waals surface area contributed by atoms with Gasteiger partial charge in [-0.2, -0.15) is 9.78 Å². The van der Waals surface area contributed by atoms with Crippen molar-refractivity contribution in [1.29, 1.82) is 0 Å². The molecule has 0 aliphatic rings. The SMILES string of the molecule is Cc1cc(NC(=O)c2cccc([N+](=O)[O-])c2)n(-c2nc(-c3ccc(Cl)cc3)cs2)n1. The molecule has 0 atom stereocenters. The van der Waals surface area contributed by atoms with Gasteiger partial charge in [0.1, 0.15) is 5.82 Å². The molecule has 4 rings (SSSR count). The average molecular weight is 440 g/mol. The van der Waals surface area contributed by atoms with Crippen LogP contribution in [-0.4, -0.2) is 25.6 Å². The third-order valence-electron chi connectivity index (χ3n) is 4.21. The quantitative estimate of drug-likeness (QED) is 0.343. The Kier molecular flexibility index (Phi) is 5.30. The van der Waals surface area contributed by atoms with E-state index in [9.17, 15) is 14.9 Å². The Balaban J connectivity index is 1.62. The van der Waals surface area contributed by atoms with Gasteiger partial charge in [0.25, 0.3) is 11.6 Å². The number of hydrogen-bond donors (Lipinski definition) is 1. The molecular formula is C20H14ClN5O3S. The number of carbonyl (C=O) groups is 1. The number of non-ortho nitro benzene ring substituents is 1. The summed E-state index contributed by atoms with van der Waals surface area (Å²) in [6, 6.07) is 14.6. The second-order valence-electron chi connectivity index (χ2n) is 6.37. The number of hydrogen-bond acceptors (Lipinski definition) is 6. The van der Waals surface area contributed by atoms with Crippen LogP contribution in [0.1, 0.15) is 16.1 Å². The summed E-state index contributed by atoms with van der Waals surface area (Å²) in [4.78, 5) is 27.7. The molecule has 0 saturated heterocycles. The second-order valence-corrected chi connectivity index (χ2v) is 7.64. The highest BCUT2D eigenvalue weighted by Gasteiger charge is 2.17. The van der Waals surface area contributed by atoms with Crippen molar-refractivity contribution >= 4 is 40.4 Å². The van der Waals surface area contributed by atoms with E-state index in [-0.39, 0.29) is 11.3 Å². The van der Waals surface area contributed by atoms with Gasteiger partial charge in [-0.05, 0) is 25.1 Å². The fourth-order valence-corrected chi connectivity index (χ4v) is 3.72. The first-order chi connectivity index (χ1) is 14.4. The van der Waals surface area contributed by atoms with Crippen molar-refractivity contribution in [3.05, 3.63) is 86.4 Å². The predicted molar refractivity (Wildman–Crippen MR) is 115 cm³/mol. The number of thiazole rings is 1. The zero-order chi connectivity index (χ0) is 21.3. The average Bonchev–Trinajstić information content (AvgIpc) is 3.35. The molecule has 0 aliphatic carbocycles. The molecule has 0 fully saturated rings. The van der Waals surface area contributed by atoms with Crippen LogP contribution in [0.2, 0.25) is 5.02 Å². The lowest BCUT2D eigenvalue weighted by Gasteiger charge is -2.06. The summed E-state index contributed by atoms with van der Waals surface area (Å²) in [6.07, 6.45) is 0. The van der Waals surface area contributed by atoms with Gasteiger partial charge >= 0.3 is 0 Å². The summed E-state index contributed by atoms with van der Waals surface area (Å²) in [5.41, 5.74) is 2.38. The Morgan fingerprint density at radius 1 is 1.20 bits per heavy atom. The minimum Gasteiger partial charge on any atom is -0.306 e. The first-order valence-corrected chi connectivity index (χ1v) is 10.0. The maximum atomic E-state index is 12.6. The number of nitrogens with zero attached hydrogens (tertiary/aromatic N) is 4. The largest absolute Gasteiger partial charge is 0.306 e. The van der Waals surface area contributed by atoms with Crippen LogP contribution in [-0.2, 0) is 0 Å². The van der Waals surface area contributed by atoms with E-state index >= 15 is 0 Å². The fourth-order valence-electron chi connectivity index (χ4n) is 2.80. The number of amides is 1. The van der Waals surface area contributed by atoms with Crippen LogP contribution in [0.15, 0.2) is 60.0 Å². The van der Waals surface area contributed by atoms with Crippen molar-refractivity contribution in [1.82, 2.24) is 14.8 Å². The summed E-state index contributed by atoms with van der Waals surface area (Å²) in [7, 11) is 0. The first kappa shape index (κ1) is 19.7. The van der Waals surface area contributed by atoms with Crippen molar-refractivity contribution in [2.75, 3.05) is 5.32 Å². The Morgan fingerprint density at radius 2 is 1.97 bits per heavy atom. The van der Waals surface area contributed by atoms with Crippen molar-refractivity contribution in [3.63, 3.8) is 0 Å². The van der Waals surface area contributed by atoms with Gasteiger partial charge in [-0.1, -0.05) is 29.8 Å². The lowest BCUT2D eigenvalue weighted by molar-refractivity contribution is -0.384. The van der Waals surface area contributed by atoms with Crippen molar-refractivity contribution in [3.8, 4) is 16.4 Å². The molecule has 10 heteroatoms. The number of aryl methyl sites for hydroxylation is 1. The number of benzene rings is 2. The third kappa shape index (κ3) is 4.07. The molecule has 8 nitrogen and oxygen atoms in total. The molecule has 0 spiro atoms. The van der Waals surface area contributed by atoms with Crippen LogP contribution in [0.3, 0.4) is 0 Å². The van der Waals surface area contributed by atoms with Gasteiger partial charge in [-0.3, -0.25) is 14.9 Å². The van der Waals surface area contributed by atoms with Gasteiger partial charge in [0, 0.05) is 39.7 Å². The van der Waals surface area contributed by atoms with Crippen molar-refractivity contribution < 1.29 is 9.72 Å². The van der Waals surface area contributed by atoms with E-state index < -0.39 is 10.8 Å². The highest BCUT2D eigenvalue weighted by molar-refractivity contribution is 7.12. The summed E-state index contributed by atoms with van der Waals surface area (Å²) < 4.78 is 1.54. The Labute approximate surface area is 179 Å². The first-order valence-electron chi connectivity index (χ1n) is 8.75. The number of rotatable bonds is 5. The summed E-state index contributed by atoms with van der Waals surface area (Å²) in [5.74, 6) is -0.0599. The standard InChI is InChI=1S/C20H14ClN5O3S/c1-12-9-18(23-19(27)14-3-2-4-16(10-14)26(28)29)25(24-12)20-22-17(11-30-20)13-5-7-15(21)8-6-13/h2-11H,1H3,(H,23,27). The van der Waals surface area contributed by atoms with E-state index in [0.717, 1.165) is 11.3 Å². The fraction of sp³-hybridized carbons (Fsp3) is 0.0500. The molecule has 0 saturated carbocycles. The topological polar surface area (TPSA) is 103 Å². The molecule has 4 aromatic rings. The maximum Gasteiger partial charge on any atom is 0.270 e. The Morgan fingerprint density at radius 3 is 2.70 bits per heavy atom. The number of carbonyl (C=O) groups excluding carboxylic acids is 1. The Bertz CT molecular complexity index is 1250. The second kappa shape index (κ2) is 8.05. The highest BCUT2D eigenvalue weighted by atomic mass is 35.5. The summed E-state index contributed by atoms with van der Waals surface area (Å²) >= 11 is 7.31. The lowest BCUT2D eigenvalue weighted by atomic mass is 10.2. The molecule has 2 aromatic carbocycles. The monoisotopic (exact) mass is 439 g/mol. The Hall–Kier alpha value is -3.56. The predicted octanol–water partition coefficient (Wildman–Crippen LogP) is 5.12. The van der Waals surface area contributed by atoms with E-state index in [2.05, 4.69) is 15.4 Å². The van der Waals surface area contributed by atoms with E-state index in [0.29, 0.717) is 21.7 Å². The molecule has 30 heavy (non-hydrogen) atoms. The zero-order valence-corrected chi connectivity index (χ0v) is 17.1. The van der Waals surface area contributed by atoms with Gasteiger partial charge in [0.05, 0.1) is 16.3 Å². The molecule has 1 N–H and O–H groups in total. The van der Waals surface area contributed by atoms with E-state index in [1.165, 1.54) is 40.3 Å². The third-order valence-corrected chi connectivity index (χ3v) is 5.27. The van der Waals surface area contributed by atoms with Crippen LogP contribution in [0.4, 0.5) is 11.5 Å². The number of halogens is 1. The van der Waals surface area contributed by atoms with Gasteiger partial charge in [-0.15, -0.1) is 11.3 Å². The summed E-state index contributed by atoms with van der Waals surface area (Å²) in [5, 5.41) is 21.2. The van der Waals surface area contributed by atoms with Gasteiger partial charge in [-0.25, -0.2) is 4.98 Å². The van der Waals surface area contributed by atoms with Crippen LogP contribution in [0.5, 0.6) is 0 Å². The van der Waals surface area contributed by atoms with Gasteiger partial charge in [0.15, 0.2) is 0 Å². The van der Waals surface area contributed by atoms with Crippen LogP contribution in [0, 0.1) is 17.0 Å². The minimum atomic E-state index is -0.543. The van der Waals surface area contributed by atoms with Crippen LogP contribution < -0.4 is 5.32 Å². The maximum absolute atomic E-state index is 12.6. The number of nitrogens with one attached hydrogen (secondary N) is 1. The van der Waals surface area contributed by atoms with Crippen LogP contribution >= 0.6 is 22.9 Å². The molecule has 1 amide bonds. The lowest BCUT2D eigenvalue weighted by Crippen LogP contribution is -2.15. The molecule has 0 bridgehead atoms. The zero-order valence-electron chi connectivity index (χ0n) is 15.6. The van der Waals surface area contributed by atoms with Crippen LogP contribution in [0.25, 0.3) is 16.4 Å². The number of nitro groups is 1. The van der Waals surface area contributed by atoms with E-state index in [1.54, 1.807) is 25.1 Å². The van der Waals surface area contributed by atoms with E-state index in [4.69, 9.17) is 11.6 Å². The molecular weight excluding hydrogens is 426 g/mol. The number of anilines is 1. The molecule has 0 radical (unpaired) electrons. The molecule has 0 unspecified atom stereocenters.